The molecule has 0 saturated carbocycles. The van der Waals surface area contributed by atoms with E-state index in [9.17, 15) is 0 Å². The Hall–Kier alpha value is -1.26. The average Bonchev–Trinajstić information content (AvgIpc) is 2.90. The van der Waals surface area contributed by atoms with Crippen molar-refractivity contribution in [3.63, 3.8) is 0 Å². The second kappa shape index (κ2) is 6.46. The van der Waals surface area contributed by atoms with Crippen molar-refractivity contribution < 1.29 is 0 Å². The Balaban J connectivity index is 2.11. The molecule has 2 rings (SSSR count). The second-order valence-electron chi connectivity index (χ2n) is 6.10. The van der Waals surface area contributed by atoms with Crippen LogP contribution in [0.2, 0.25) is 0 Å². The average molecular weight is 289 g/mol. The molecule has 0 bridgehead atoms. The zero-order valence-electron chi connectivity index (χ0n) is 12.7. The van der Waals surface area contributed by atoms with Crippen molar-refractivity contribution in [2.24, 2.45) is 0 Å². The molecule has 1 N–H and O–H groups in total. The molecule has 0 amide bonds. The minimum atomic E-state index is 0.0458. The van der Waals surface area contributed by atoms with E-state index in [-0.39, 0.29) is 5.41 Å². The standard InChI is InChI=1S/C16H23N3S/c1-16(2,3)15-14(20-19-18-15)13(17-4)11-10-12-8-6-5-7-9-12/h5-9,13,17H,10-11H2,1-4H3. The van der Waals surface area contributed by atoms with Crippen LogP contribution >= 0.6 is 11.5 Å². The highest BCUT2D eigenvalue weighted by Gasteiger charge is 2.26. The van der Waals surface area contributed by atoms with E-state index in [1.807, 2.05) is 7.05 Å². The summed E-state index contributed by atoms with van der Waals surface area (Å²) in [6.45, 7) is 6.57. The quantitative estimate of drug-likeness (QED) is 0.911. The van der Waals surface area contributed by atoms with Gasteiger partial charge in [0.05, 0.1) is 10.6 Å². The smallest absolute Gasteiger partial charge is 0.0857 e. The van der Waals surface area contributed by atoms with Gasteiger partial charge in [-0.3, -0.25) is 0 Å². The lowest BCUT2D eigenvalue weighted by Gasteiger charge is -2.21. The maximum Gasteiger partial charge on any atom is 0.0857 e. The molecule has 1 aromatic heterocycles. The van der Waals surface area contributed by atoms with Crippen LogP contribution in [0.15, 0.2) is 30.3 Å². The highest BCUT2D eigenvalue weighted by atomic mass is 32.1. The number of rotatable bonds is 5. The van der Waals surface area contributed by atoms with Gasteiger partial charge in [-0.05, 0) is 37.0 Å². The number of aryl methyl sites for hydroxylation is 1. The molecule has 0 saturated heterocycles. The van der Waals surface area contributed by atoms with Crippen molar-refractivity contribution in [2.45, 2.75) is 45.1 Å². The van der Waals surface area contributed by atoms with Gasteiger partial charge in [0.2, 0.25) is 0 Å². The van der Waals surface area contributed by atoms with Crippen molar-refractivity contribution >= 4 is 11.5 Å². The molecule has 4 heteroatoms. The molecule has 1 aromatic carbocycles. The molecule has 1 heterocycles. The van der Waals surface area contributed by atoms with E-state index in [0.717, 1.165) is 18.5 Å². The van der Waals surface area contributed by atoms with Crippen LogP contribution in [0.4, 0.5) is 0 Å². The molecule has 0 fully saturated rings. The van der Waals surface area contributed by atoms with Crippen LogP contribution in [-0.2, 0) is 11.8 Å². The molecular weight excluding hydrogens is 266 g/mol. The van der Waals surface area contributed by atoms with Crippen LogP contribution in [0.5, 0.6) is 0 Å². The summed E-state index contributed by atoms with van der Waals surface area (Å²) >= 11 is 1.52. The van der Waals surface area contributed by atoms with Gasteiger partial charge in [-0.1, -0.05) is 55.6 Å². The van der Waals surface area contributed by atoms with E-state index < -0.39 is 0 Å². The Labute approximate surface area is 125 Å². The van der Waals surface area contributed by atoms with Crippen molar-refractivity contribution in [3.05, 3.63) is 46.5 Å². The number of aromatic nitrogens is 2. The molecular formula is C16H23N3S. The molecule has 0 aliphatic heterocycles. The topological polar surface area (TPSA) is 37.8 Å². The predicted octanol–water partition coefficient (Wildman–Crippen LogP) is 3.73. The Morgan fingerprint density at radius 1 is 1.20 bits per heavy atom. The summed E-state index contributed by atoms with van der Waals surface area (Å²) in [5, 5.41) is 7.76. The van der Waals surface area contributed by atoms with Crippen LogP contribution in [-0.4, -0.2) is 16.6 Å². The summed E-state index contributed by atoms with van der Waals surface area (Å²) in [6.07, 6.45) is 2.13. The first-order chi connectivity index (χ1) is 9.52. The fraction of sp³-hybridized carbons (Fsp3) is 0.500. The summed E-state index contributed by atoms with van der Waals surface area (Å²) in [4.78, 5) is 1.27. The molecule has 0 radical (unpaired) electrons. The van der Waals surface area contributed by atoms with Crippen molar-refractivity contribution in [1.29, 1.82) is 0 Å². The number of nitrogens with one attached hydrogen (secondary N) is 1. The fourth-order valence-electron chi connectivity index (χ4n) is 2.31. The summed E-state index contributed by atoms with van der Waals surface area (Å²) in [5.41, 5.74) is 2.54. The van der Waals surface area contributed by atoms with E-state index in [1.165, 1.54) is 22.0 Å². The van der Waals surface area contributed by atoms with Gasteiger partial charge >= 0.3 is 0 Å². The van der Waals surface area contributed by atoms with Crippen LogP contribution in [0.1, 0.15) is 49.4 Å². The third-order valence-electron chi connectivity index (χ3n) is 3.45. The second-order valence-corrected chi connectivity index (χ2v) is 6.89. The molecule has 1 atom stereocenters. The molecule has 1 unspecified atom stereocenters. The largest absolute Gasteiger partial charge is 0.312 e. The maximum atomic E-state index is 4.34. The molecule has 0 spiro atoms. The van der Waals surface area contributed by atoms with E-state index >= 15 is 0 Å². The molecule has 20 heavy (non-hydrogen) atoms. The lowest BCUT2D eigenvalue weighted by atomic mass is 9.89. The van der Waals surface area contributed by atoms with E-state index in [0.29, 0.717) is 6.04 Å². The fourth-order valence-corrected chi connectivity index (χ4v) is 3.32. The van der Waals surface area contributed by atoms with Gasteiger partial charge in [0.1, 0.15) is 0 Å². The monoisotopic (exact) mass is 289 g/mol. The van der Waals surface area contributed by atoms with E-state index in [1.54, 1.807) is 0 Å². The van der Waals surface area contributed by atoms with Crippen molar-refractivity contribution in [1.82, 2.24) is 14.9 Å². The van der Waals surface area contributed by atoms with E-state index in [2.05, 4.69) is 66.0 Å². The number of hydrogen-bond donors (Lipinski definition) is 1. The molecule has 2 aromatic rings. The first-order valence-corrected chi connectivity index (χ1v) is 7.83. The van der Waals surface area contributed by atoms with Crippen LogP contribution in [0.3, 0.4) is 0 Å². The SMILES string of the molecule is CNC(CCc1ccccc1)c1snnc1C(C)(C)C. The summed E-state index contributed by atoms with van der Waals surface area (Å²) in [6, 6.07) is 10.9. The lowest BCUT2D eigenvalue weighted by Crippen LogP contribution is -2.22. The third-order valence-corrected chi connectivity index (χ3v) is 4.29. The number of nitrogens with zero attached hydrogens (tertiary/aromatic N) is 2. The number of benzene rings is 1. The van der Waals surface area contributed by atoms with Crippen molar-refractivity contribution in [2.75, 3.05) is 7.05 Å². The lowest BCUT2D eigenvalue weighted by molar-refractivity contribution is 0.514. The van der Waals surface area contributed by atoms with Gasteiger partial charge in [-0.2, -0.15) is 0 Å². The van der Waals surface area contributed by atoms with Crippen LogP contribution in [0.25, 0.3) is 0 Å². The van der Waals surface area contributed by atoms with Gasteiger partial charge < -0.3 is 5.32 Å². The molecule has 0 aliphatic carbocycles. The highest BCUT2D eigenvalue weighted by Crippen LogP contribution is 2.32. The van der Waals surface area contributed by atoms with Crippen LogP contribution < -0.4 is 5.32 Å². The predicted molar refractivity (Wildman–Crippen MR) is 85.2 cm³/mol. The minimum absolute atomic E-state index is 0.0458. The van der Waals surface area contributed by atoms with Gasteiger partial charge in [-0.15, -0.1) is 5.10 Å². The first kappa shape index (κ1) is 15.1. The van der Waals surface area contributed by atoms with E-state index in [4.69, 9.17) is 0 Å². The minimum Gasteiger partial charge on any atom is -0.312 e. The maximum absolute atomic E-state index is 4.34. The Bertz CT molecular complexity index is 528. The van der Waals surface area contributed by atoms with Crippen LogP contribution in [0, 0.1) is 0 Å². The summed E-state index contributed by atoms with van der Waals surface area (Å²) in [7, 11) is 2.02. The molecule has 3 nitrogen and oxygen atoms in total. The molecule has 0 aliphatic rings. The molecule has 108 valence electrons. The Kier molecular flexibility index (Phi) is 4.89. The summed E-state index contributed by atoms with van der Waals surface area (Å²) in [5.74, 6) is 0. The third kappa shape index (κ3) is 3.64. The van der Waals surface area contributed by atoms with Crippen molar-refractivity contribution in [3.8, 4) is 0 Å². The van der Waals surface area contributed by atoms with Gasteiger partial charge in [-0.25, -0.2) is 0 Å². The normalized spacial score (nSPS) is 13.4. The van der Waals surface area contributed by atoms with Gasteiger partial charge in [0.25, 0.3) is 0 Å². The Morgan fingerprint density at radius 3 is 2.50 bits per heavy atom. The van der Waals surface area contributed by atoms with Gasteiger partial charge in [0, 0.05) is 11.5 Å². The van der Waals surface area contributed by atoms with Gasteiger partial charge in [0.15, 0.2) is 0 Å². The number of hydrogen-bond acceptors (Lipinski definition) is 4. The highest BCUT2D eigenvalue weighted by molar-refractivity contribution is 7.05. The summed E-state index contributed by atoms with van der Waals surface area (Å²) < 4.78 is 4.16. The Morgan fingerprint density at radius 2 is 1.90 bits per heavy atom. The first-order valence-electron chi connectivity index (χ1n) is 7.06. The zero-order chi connectivity index (χ0) is 14.6. The zero-order valence-corrected chi connectivity index (χ0v) is 13.5.